The van der Waals surface area contributed by atoms with Crippen LogP contribution in [0, 0.1) is 10.1 Å². The van der Waals surface area contributed by atoms with Crippen molar-refractivity contribution in [3.05, 3.63) is 76.8 Å². The number of nitro benzene ring substituents is 1. The van der Waals surface area contributed by atoms with Crippen molar-refractivity contribution in [2.75, 3.05) is 13.2 Å². The Kier molecular flexibility index (Phi) is 6.06. The number of fused-ring (bicyclic) bond motifs is 3. The lowest BCUT2D eigenvalue weighted by molar-refractivity contribution is -0.384. The van der Waals surface area contributed by atoms with Crippen LogP contribution in [0.2, 0.25) is 0 Å². The minimum Gasteiger partial charge on any atom is -0.489 e. The number of ether oxygens (including phenoxy) is 2. The van der Waals surface area contributed by atoms with E-state index in [0.29, 0.717) is 30.1 Å². The smallest absolute Gasteiger partial charge is 0.339 e. The maximum atomic E-state index is 13.0. The van der Waals surface area contributed by atoms with E-state index in [1.807, 2.05) is 38.1 Å². The van der Waals surface area contributed by atoms with Gasteiger partial charge in [-0.05, 0) is 48.9 Å². The van der Waals surface area contributed by atoms with Crippen molar-refractivity contribution in [1.82, 2.24) is 0 Å². The molecule has 8 nitrogen and oxygen atoms in total. The van der Waals surface area contributed by atoms with E-state index in [-0.39, 0.29) is 16.3 Å². The lowest BCUT2D eigenvalue weighted by atomic mass is 10.00. The molecule has 4 aromatic rings. The first-order valence-corrected chi connectivity index (χ1v) is 11.7. The zero-order valence-corrected chi connectivity index (χ0v) is 18.8. The summed E-state index contributed by atoms with van der Waals surface area (Å²) in [6.45, 7) is 4.49. The monoisotopic (exact) mass is 467 g/mol. The Morgan fingerprint density at radius 3 is 1.97 bits per heavy atom. The summed E-state index contributed by atoms with van der Waals surface area (Å²) in [6.07, 6.45) is 0. The molecule has 0 N–H and O–H groups in total. The molecule has 33 heavy (non-hydrogen) atoms. The van der Waals surface area contributed by atoms with Crippen molar-refractivity contribution in [2.45, 2.75) is 18.7 Å². The van der Waals surface area contributed by atoms with Crippen molar-refractivity contribution >= 4 is 37.4 Å². The summed E-state index contributed by atoms with van der Waals surface area (Å²) in [5.41, 5.74) is -0.165. The van der Waals surface area contributed by atoms with Crippen LogP contribution in [0.3, 0.4) is 0 Å². The van der Waals surface area contributed by atoms with Gasteiger partial charge < -0.3 is 13.7 Å². The van der Waals surface area contributed by atoms with E-state index >= 15 is 0 Å². The van der Waals surface area contributed by atoms with Crippen LogP contribution in [0.15, 0.2) is 71.6 Å². The number of nitro groups is 1. The molecule has 9 heteroatoms. The van der Waals surface area contributed by atoms with E-state index in [4.69, 9.17) is 13.7 Å². The summed E-state index contributed by atoms with van der Waals surface area (Å²) in [6, 6.07) is 17.2. The van der Waals surface area contributed by atoms with E-state index in [1.165, 1.54) is 36.4 Å². The second-order valence-electron chi connectivity index (χ2n) is 7.07. The van der Waals surface area contributed by atoms with Gasteiger partial charge in [0.15, 0.2) is 11.5 Å². The fourth-order valence-electron chi connectivity index (χ4n) is 3.64. The van der Waals surface area contributed by atoms with Crippen molar-refractivity contribution in [2.24, 2.45) is 0 Å². The number of hydrogen-bond donors (Lipinski definition) is 0. The fourth-order valence-corrected chi connectivity index (χ4v) is 4.59. The standard InChI is InChI=1S/C24H21NO7S/c1-3-30-23-21-8-6-5-7-19(21)20-14-13-18(15-22(20)24(23)31-4-2)33(28,29)32-17-11-9-16(10-12-17)25(26)27/h5-15H,3-4H2,1-2H3. The predicted octanol–water partition coefficient (Wildman–Crippen LogP) is 5.47. The van der Waals surface area contributed by atoms with Crippen molar-refractivity contribution in [1.29, 1.82) is 0 Å². The van der Waals surface area contributed by atoms with Gasteiger partial charge in [0, 0.05) is 22.9 Å². The van der Waals surface area contributed by atoms with Crippen LogP contribution in [0.25, 0.3) is 21.5 Å². The van der Waals surface area contributed by atoms with Crippen LogP contribution in [-0.4, -0.2) is 26.6 Å². The average molecular weight is 467 g/mol. The van der Waals surface area contributed by atoms with E-state index in [0.717, 1.165) is 16.2 Å². The zero-order chi connectivity index (χ0) is 23.6. The Morgan fingerprint density at radius 2 is 1.36 bits per heavy atom. The van der Waals surface area contributed by atoms with Crippen LogP contribution < -0.4 is 13.7 Å². The highest BCUT2D eigenvalue weighted by atomic mass is 32.2. The van der Waals surface area contributed by atoms with Crippen molar-refractivity contribution < 1.29 is 27.0 Å². The van der Waals surface area contributed by atoms with E-state index in [2.05, 4.69) is 0 Å². The van der Waals surface area contributed by atoms with Gasteiger partial charge in [0.2, 0.25) is 0 Å². The molecule has 0 aliphatic carbocycles. The zero-order valence-electron chi connectivity index (χ0n) is 18.0. The molecule has 0 aromatic heterocycles. The highest BCUT2D eigenvalue weighted by Gasteiger charge is 2.22. The van der Waals surface area contributed by atoms with Crippen LogP contribution in [0.1, 0.15) is 13.8 Å². The summed E-state index contributed by atoms with van der Waals surface area (Å²) in [5, 5.41) is 14.0. The van der Waals surface area contributed by atoms with Gasteiger partial charge in [-0.1, -0.05) is 30.3 Å². The molecule has 0 saturated heterocycles. The third-order valence-electron chi connectivity index (χ3n) is 5.02. The minimum atomic E-state index is -4.21. The van der Waals surface area contributed by atoms with E-state index < -0.39 is 15.0 Å². The fraction of sp³-hybridized carbons (Fsp3) is 0.167. The predicted molar refractivity (Wildman–Crippen MR) is 125 cm³/mol. The van der Waals surface area contributed by atoms with Gasteiger partial charge in [0.1, 0.15) is 10.6 Å². The molecule has 0 aliphatic heterocycles. The summed E-state index contributed by atoms with van der Waals surface area (Å²) in [7, 11) is -4.21. The third kappa shape index (κ3) is 4.27. The molecule has 0 spiro atoms. The second-order valence-corrected chi connectivity index (χ2v) is 8.61. The molecule has 0 unspecified atom stereocenters. The minimum absolute atomic E-state index is 0.0285. The Morgan fingerprint density at radius 1 is 0.788 bits per heavy atom. The number of nitrogens with zero attached hydrogens (tertiary/aromatic N) is 1. The molecule has 0 bridgehead atoms. The maximum Gasteiger partial charge on any atom is 0.339 e. The van der Waals surface area contributed by atoms with Gasteiger partial charge in [-0.2, -0.15) is 8.42 Å². The van der Waals surface area contributed by atoms with Gasteiger partial charge in [0.05, 0.1) is 18.1 Å². The number of non-ortho nitro benzene ring substituents is 1. The molecule has 0 heterocycles. The number of benzene rings is 4. The summed E-state index contributed by atoms with van der Waals surface area (Å²) >= 11 is 0. The molecular weight excluding hydrogens is 446 g/mol. The third-order valence-corrected chi connectivity index (χ3v) is 6.27. The second kappa shape index (κ2) is 8.95. The normalized spacial score (nSPS) is 11.5. The van der Waals surface area contributed by atoms with Gasteiger partial charge in [-0.25, -0.2) is 0 Å². The molecule has 0 fully saturated rings. The highest BCUT2D eigenvalue weighted by molar-refractivity contribution is 7.87. The van der Waals surface area contributed by atoms with Crippen LogP contribution in [0.4, 0.5) is 5.69 Å². The number of rotatable bonds is 8. The first kappa shape index (κ1) is 22.3. The first-order valence-electron chi connectivity index (χ1n) is 10.3. The molecule has 170 valence electrons. The van der Waals surface area contributed by atoms with E-state index in [1.54, 1.807) is 6.07 Å². The molecule has 4 rings (SSSR count). The molecule has 0 aliphatic rings. The van der Waals surface area contributed by atoms with Crippen molar-refractivity contribution in [3.8, 4) is 17.2 Å². The Bertz CT molecular complexity index is 1450. The topological polar surface area (TPSA) is 105 Å². The largest absolute Gasteiger partial charge is 0.489 e. The van der Waals surface area contributed by atoms with Gasteiger partial charge >= 0.3 is 10.1 Å². The molecule has 0 amide bonds. The first-order chi connectivity index (χ1) is 15.9. The van der Waals surface area contributed by atoms with Crippen LogP contribution >= 0.6 is 0 Å². The molecule has 4 aromatic carbocycles. The van der Waals surface area contributed by atoms with E-state index in [9.17, 15) is 18.5 Å². The van der Waals surface area contributed by atoms with Gasteiger partial charge in [-0.3, -0.25) is 10.1 Å². The highest BCUT2D eigenvalue weighted by Crippen LogP contribution is 2.44. The Labute approximate surface area is 190 Å². The average Bonchev–Trinajstić information content (AvgIpc) is 2.81. The SMILES string of the molecule is CCOc1c(OCC)c2cc(S(=O)(=O)Oc3ccc([N+](=O)[O-])cc3)ccc2c2ccccc12. The Balaban J connectivity index is 1.86. The van der Waals surface area contributed by atoms with Crippen LogP contribution in [-0.2, 0) is 10.1 Å². The van der Waals surface area contributed by atoms with Crippen molar-refractivity contribution in [3.63, 3.8) is 0 Å². The summed E-state index contributed by atoms with van der Waals surface area (Å²) in [5.74, 6) is 0.980. The van der Waals surface area contributed by atoms with Gasteiger partial charge in [-0.15, -0.1) is 0 Å². The molecule has 0 atom stereocenters. The van der Waals surface area contributed by atoms with Gasteiger partial charge in [0.25, 0.3) is 5.69 Å². The number of hydrogen-bond acceptors (Lipinski definition) is 7. The lowest BCUT2D eigenvalue weighted by Gasteiger charge is -2.18. The quantitative estimate of drug-likeness (QED) is 0.146. The summed E-state index contributed by atoms with van der Waals surface area (Å²) < 4.78 is 43.0. The molecule has 0 radical (unpaired) electrons. The maximum absolute atomic E-state index is 13.0. The lowest BCUT2D eigenvalue weighted by Crippen LogP contribution is -2.10. The Hall–Kier alpha value is -3.85. The molecule has 0 saturated carbocycles. The van der Waals surface area contributed by atoms with Crippen LogP contribution in [0.5, 0.6) is 17.2 Å². The summed E-state index contributed by atoms with van der Waals surface area (Å²) in [4.78, 5) is 10.2. The molecular formula is C24H21NO7S.